The zero-order valence-corrected chi connectivity index (χ0v) is 11.4. The first-order chi connectivity index (χ1) is 9.31. The molecule has 1 aromatic rings. The molecule has 1 aromatic heterocycles. The molecule has 5 heteroatoms. The Balaban J connectivity index is 1.59. The monoisotopic (exact) mass is 263 g/mol. The van der Waals surface area contributed by atoms with Crippen LogP contribution < -0.4 is 5.32 Å². The molecule has 104 valence electrons. The van der Waals surface area contributed by atoms with Gasteiger partial charge in [-0.2, -0.15) is 4.98 Å². The average Bonchev–Trinajstić information content (AvgIpc) is 3.20. The fraction of sp³-hybridized carbons (Fsp3) is 0.857. The number of hydrogen-bond acceptors (Lipinski definition) is 5. The van der Waals surface area contributed by atoms with Crippen LogP contribution in [0, 0.1) is 0 Å². The third-order valence-corrected chi connectivity index (χ3v) is 5.25. The first kappa shape index (κ1) is 11.9. The lowest BCUT2D eigenvalue weighted by Crippen LogP contribution is -2.28. The van der Waals surface area contributed by atoms with E-state index >= 15 is 0 Å². The summed E-state index contributed by atoms with van der Waals surface area (Å²) in [5.41, 5.74) is 0.0593. The average molecular weight is 263 g/mol. The molecule has 4 rings (SSSR count). The van der Waals surface area contributed by atoms with E-state index in [-0.39, 0.29) is 5.41 Å². The number of rotatable bonds is 3. The molecule has 5 nitrogen and oxygen atoms in total. The summed E-state index contributed by atoms with van der Waals surface area (Å²) in [5.74, 6) is 2.07. The Kier molecular flexibility index (Phi) is 2.67. The van der Waals surface area contributed by atoms with Gasteiger partial charge in [0.1, 0.15) is 0 Å². The number of nitrogens with zero attached hydrogens (tertiary/aromatic N) is 2. The Labute approximate surface area is 113 Å². The quantitative estimate of drug-likeness (QED) is 0.900. The van der Waals surface area contributed by atoms with Crippen molar-refractivity contribution in [1.29, 1.82) is 0 Å². The van der Waals surface area contributed by atoms with Crippen LogP contribution >= 0.6 is 0 Å². The van der Waals surface area contributed by atoms with Gasteiger partial charge in [0.2, 0.25) is 5.89 Å². The molecule has 3 saturated heterocycles. The molecule has 3 aliphatic rings. The molecule has 0 aliphatic carbocycles. The number of hydrogen-bond donors (Lipinski definition) is 1. The van der Waals surface area contributed by atoms with Crippen LogP contribution in [-0.4, -0.2) is 35.4 Å². The van der Waals surface area contributed by atoms with E-state index in [1.165, 1.54) is 6.42 Å². The molecule has 0 spiro atoms. The van der Waals surface area contributed by atoms with Crippen molar-refractivity contribution >= 4 is 0 Å². The SMILES string of the molecule is CCC1(c2nc(C3CC4CCC3O4)no2)CCNC1. The minimum Gasteiger partial charge on any atom is -0.374 e. The van der Waals surface area contributed by atoms with Crippen molar-refractivity contribution in [3.05, 3.63) is 11.7 Å². The predicted molar refractivity (Wildman–Crippen MR) is 69.0 cm³/mol. The van der Waals surface area contributed by atoms with Crippen molar-refractivity contribution < 1.29 is 9.26 Å². The maximum absolute atomic E-state index is 5.89. The highest BCUT2D eigenvalue weighted by Crippen LogP contribution is 2.44. The molecule has 19 heavy (non-hydrogen) atoms. The van der Waals surface area contributed by atoms with Gasteiger partial charge in [0, 0.05) is 6.54 Å². The number of ether oxygens (including phenoxy) is 1. The summed E-state index contributed by atoms with van der Waals surface area (Å²) in [6, 6.07) is 0. The van der Waals surface area contributed by atoms with Gasteiger partial charge in [-0.1, -0.05) is 12.1 Å². The van der Waals surface area contributed by atoms with E-state index in [0.29, 0.717) is 18.1 Å². The van der Waals surface area contributed by atoms with Gasteiger partial charge in [-0.05, 0) is 38.6 Å². The summed E-state index contributed by atoms with van der Waals surface area (Å²) in [6.07, 6.45) is 6.34. The molecule has 2 bridgehead atoms. The maximum Gasteiger partial charge on any atom is 0.234 e. The van der Waals surface area contributed by atoms with Crippen LogP contribution in [0.2, 0.25) is 0 Å². The molecule has 0 aromatic carbocycles. The van der Waals surface area contributed by atoms with Crippen molar-refractivity contribution in [2.75, 3.05) is 13.1 Å². The van der Waals surface area contributed by atoms with Crippen LogP contribution in [0.15, 0.2) is 4.52 Å². The summed E-state index contributed by atoms with van der Waals surface area (Å²) < 4.78 is 11.5. The molecule has 0 amide bonds. The predicted octanol–water partition coefficient (Wildman–Crippen LogP) is 1.75. The van der Waals surface area contributed by atoms with Gasteiger partial charge in [-0.3, -0.25) is 0 Å². The van der Waals surface area contributed by atoms with E-state index in [1.54, 1.807) is 0 Å². The van der Waals surface area contributed by atoms with Crippen molar-refractivity contribution in [1.82, 2.24) is 15.5 Å². The molecule has 3 fully saturated rings. The van der Waals surface area contributed by atoms with Crippen LogP contribution in [0.25, 0.3) is 0 Å². The molecular formula is C14H21N3O2. The first-order valence-corrected chi connectivity index (χ1v) is 7.51. The van der Waals surface area contributed by atoms with Gasteiger partial charge in [0.15, 0.2) is 5.82 Å². The number of nitrogens with one attached hydrogen (secondary N) is 1. The second-order valence-electron chi connectivity index (χ2n) is 6.23. The van der Waals surface area contributed by atoms with Gasteiger partial charge in [0.25, 0.3) is 0 Å². The highest BCUT2D eigenvalue weighted by atomic mass is 16.5. The zero-order valence-electron chi connectivity index (χ0n) is 11.4. The van der Waals surface area contributed by atoms with Gasteiger partial charge in [-0.25, -0.2) is 0 Å². The minimum atomic E-state index is 0.0593. The minimum absolute atomic E-state index is 0.0593. The molecule has 4 heterocycles. The van der Waals surface area contributed by atoms with Gasteiger partial charge >= 0.3 is 0 Å². The van der Waals surface area contributed by atoms with Crippen molar-refractivity contribution in [3.8, 4) is 0 Å². The fourth-order valence-corrected chi connectivity index (χ4v) is 3.89. The molecule has 0 saturated carbocycles. The fourth-order valence-electron chi connectivity index (χ4n) is 3.89. The molecule has 3 aliphatic heterocycles. The van der Waals surface area contributed by atoms with Crippen LogP contribution in [0.5, 0.6) is 0 Å². The van der Waals surface area contributed by atoms with Gasteiger partial charge < -0.3 is 14.6 Å². The van der Waals surface area contributed by atoms with E-state index in [9.17, 15) is 0 Å². The van der Waals surface area contributed by atoms with Gasteiger partial charge in [-0.15, -0.1) is 0 Å². The summed E-state index contributed by atoms with van der Waals surface area (Å²) in [6.45, 7) is 4.21. The van der Waals surface area contributed by atoms with Gasteiger partial charge in [0.05, 0.1) is 23.5 Å². The van der Waals surface area contributed by atoms with Crippen LogP contribution in [0.1, 0.15) is 56.7 Å². The van der Waals surface area contributed by atoms with E-state index < -0.39 is 0 Å². The Morgan fingerprint density at radius 2 is 2.37 bits per heavy atom. The van der Waals surface area contributed by atoms with Crippen molar-refractivity contribution in [2.24, 2.45) is 0 Å². The van der Waals surface area contributed by atoms with Crippen LogP contribution in [0.4, 0.5) is 0 Å². The second-order valence-corrected chi connectivity index (χ2v) is 6.23. The first-order valence-electron chi connectivity index (χ1n) is 7.51. The Morgan fingerprint density at radius 3 is 3.00 bits per heavy atom. The summed E-state index contributed by atoms with van der Waals surface area (Å²) in [5, 5.41) is 7.68. The Bertz CT molecular complexity index is 467. The molecule has 1 N–H and O–H groups in total. The topological polar surface area (TPSA) is 60.2 Å². The third-order valence-electron chi connectivity index (χ3n) is 5.25. The summed E-state index contributed by atoms with van der Waals surface area (Å²) >= 11 is 0. The molecule has 4 atom stereocenters. The number of aromatic nitrogens is 2. The third kappa shape index (κ3) is 1.75. The molecule has 4 unspecified atom stereocenters. The second kappa shape index (κ2) is 4.28. The zero-order chi connectivity index (χ0) is 12.9. The summed E-state index contributed by atoms with van der Waals surface area (Å²) in [7, 11) is 0. The van der Waals surface area contributed by atoms with Crippen molar-refractivity contribution in [2.45, 2.75) is 62.6 Å². The summed E-state index contributed by atoms with van der Waals surface area (Å²) in [4.78, 5) is 4.74. The van der Waals surface area contributed by atoms with Crippen LogP contribution in [0.3, 0.4) is 0 Å². The largest absolute Gasteiger partial charge is 0.374 e. The standard InChI is InChI=1S/C14H21N3O2/c1-2-14(5-6-15-8-14)13-16-12(17-19-13)10-7-9-3-4-11(10)18-9/h9-11,15H,2-8H2,1H3. The van der Waals surface area contributed by atoms with Crippen LogP contribution in [-0.2, 0) is 10.2 Å². The number of fused-ring (bicyclic) bond motifs is 2. The van der Waals surface area contributed by atoms with Crippen molar-refractivity contribution in [3.63, 3.8) is 0 Å². The maximum atomic E-state index is 5.89. The lowest BCUT2D eigenvalue weighted by Gasteiger charge is -2.21. The molecule has 0 radical (unpaired) electrons. The smallest absolute Gasteiger partial charge is 0.234 e. The van der Waals surface area contributed by atoms with E-state index in [4.69, 9.17) is 14.2 Å². The molecular weight excluding hydrogens is 242 g/mol. The normalized spacial score (nSPS) is 41.2. The Morgan fingerprint density at radius 1 is 1.42 bits per heavy atom. The lowest BCUT2D eigenvalue weighted by molar-refractivity contribution is 0.0996. The lowest BCUT2D eigenvalue weighted by atomic mass is 9.84. The Hall–Kier alpha value is -0.940. The highest BCUT2D eigenvalue weighted by molar-refractivity contribution is 5.13. The van der Waals surface area contributed by atoms with E-state index in [1.807, 2.05) is 0 Å². The highest BCUT2D eigenvalue weighted by Gasteiger charge is 2.45. The van der Waals surface area contributed by atoms with E-state index in [0.717, 1.165) is 50.5 Å². The van der Waals surface area contributed by atoms with E-state index in [2.05, 4.69) is 17.4 Å².